The maximum Gasteiger partial charge on any atom is 0.218 e. The van der Waals surface area contributed by atoms with E-state index in [1.54, 1.807) is 13.3 Å². The molecule has 8 nitrogen and oxygen atoms in total. The Hall–Kier alpha value is -3.30. The quantitative estimate of drug-likeness (QED) is 0.409. The molecule has 6 rings (SSSR count). The minimum atomic E-state index is -0.381. The maximum atomic E-state index is 14.1. The zero-order valence-electron chi connectivity index (χ0n) is 20.0. The van der Waals surface area contributed by atoms with Crippen LogP contribution >= 0.6 is 11.6 Å². The summed E-state index contributed by atoms with van der Waals surface area (Å²) in [7, 11) is 1.56. The van der Waals surface area contributed by atoms with Crippen molar-refractivity contribution in [2.24, 2.45) is 0 Å². The van der Waals surface area contributed by atoms with Gasteiger partial charge >= 0.3 is 0 Å². The number of hydrogen-bond acceptors (Lipinski definition) is 7. The molecule has 2 aliphatic rings. The number of nitrogens with zero attached hydrogens (tertiary/aromatic N) is 6. The summed E-state index contributed by atoms with van der Waals surface area (Å²) in [5.41, 5.74) is 3.95. The number of fused-ring (bicyclic) bond motifs is 1. The molecule has 1 N–H and O–H groups in total. The van der Waals surface area contributed by atoms with Crippen molar-refractivity contribution in [3.8, 4) is 17.0 Å². The highest BCUT2D eigenvalue weighted by molar-refractivity contribution is 6.34. The Bertz CT molecular complexity index is 1400. The van der Waals surface area contributed by atoms with Gasteiger partial charge in [-0.05, 0) is 57.0 Å². The number of pyridine rings is 3. The highest BCUT2D eigenvalue weighted by atomic mass is 35.5. The molecule has 0 amide bonds. The number of anilines is 1. The normalized spacial score (nSPS) is 18.8. The molecule has 0 aliphatic carbocycles. The van der Waals surface area contributed by atoms with Gasteiger partial charge < -0.3 is 15.0 Å². The molecule has 0 radical (unpaired) electrons. The van der Waals surface area contributed by atoms with E-state index in [1.165, 1.54) is 12.3 Å². The molecule has 2 aliphatic heterocycles. The number of methoxy groups -OCH3 is 1. The van der Waals surface area contributed by atoms with Gasteiger partial charge in [-0.1, -0.05) is 11.6 Å². The van der Waals surface area contributed by atoms with E-state index in [1.807, 2.05) is 23.0 Å². The van der Waals surface area contributed by atoms with Crippen LogP contribution in [0.4, 0.5) is 10.2 Å². The van der Waals surface area contributed by atoms with E-state index < -0.39 is 0 Å². The van der Waals surface area contributed by atoms with Crippen molar-refractivity contribution < 1.29 is 9.13 Å². The first kappa shape index (κ1) is 23.1. The Morgan fingerprint density at radius 3 is 2.81 bits per heavy atom. The molecule has 0 unspecified atom stereocenters. The summed E-state index contributed by atoms with van der Waals surface area (Å²) >= 11 is 6.70. The second-order valence-corrected chi connectivity index (χ2v) is 9.72. The van der Waals surface area contributed by atoms with Gasteiger partial charge in [-0.25, -0.2) is 14.4 Å². The van der Waals surface area contributed by atoms with E-state index in [-0.39, 0.29) is 11.9 Å². The van der Waals surface area contributed by atoms with Crippen molar-refractivity contribution in [1.29, 1.82) is 0 Å². The third-order valence-electron chi connectivity index (χ3n) is 7.17. The van der Waals surface area contributed by atoms with Crippen LogP contribution in [0, 0.1) is 5.82 Å². The highest BCUT2D eigenvalue weighted by Crippen LogP contribution is 2.40. The molecular formula is C26H27ClFN7O. The fraction of sp³-hybridized carbons (Fsp3) is 0.385. The van der Waals surface area contributed by atoms with Crippen LogP contribution in [0.1, 0.15) is 43.3 Å². The molecule has 36 heavy (non-hydrogen) atoms. The molecule has 0 saturated carbocycles. The molecular weight excluding hydrogens is 481 g/mol. The van der Waals surface area contributed by atoms with Crippen LogP contribution in [0.25, 0.3) is 22.2 Å². The van der Waals surface area contributed by atoms with Crippen LogP contribution in [0.3, 0.4) is 0 Å². The fourth-order valence-corrected chi connectivity index (χ4v) is 5.67. The minimum absolute atomic E-state index is 0.0913. The van der Waals surface area contributed by atoms with Crippen molar-refractivity contribution in [3.05, 3.63) is 59.4 Å². The lowest BCUT2D eigenvalue weighted by molar-refractivity contribution is 0.343. The van der Waals surface area contributed by atoms with Crippen molar-refractivity contribution in [2.45, 2.75) is 37.8 Å². The van der Waals surface area contributed by atoms with Crippen LogP contribution in [-0.2, 0) is 0 Å². The fourth-order valence-electron chi connectivity index (χ4n) is 5.42. The highest BCUT2D eigenvalue weighted by Gasteiger charge is 2.31. The van der Waals surface area contributed by atoms with Crippen molar-refractivity contribution in [1.82, 2.24) is 30.0 Å². The molecule has 186 valence electrons. The van der Waals surface area contributed by atoms with E-state index >= 15 is 0 Å². The smallest absolute Gasteiger partial charge is 0.218 e. The zero-order valence-corrected chi connectivity index (χ0v) is 20.7. The lowest BCUT2D eigenvalue weighted by Gasteiger charge is -2.27. The largest absolute Gasteiger partial charge is 0.481 e. The molecule has 4 aromatic rings. The number of aromatic nitrogens is 5. The Morgan fingerprint density at radius 2 is 1.97 bits per heavy atom. The van der Waals surface area contributed by atoms with Gasteiger partial charge in [0.25, 0.3) is 0 Å². The molecule has 10 heteroatoms. The van der Waals surface area contributed by atoms with Gasteiger partial charge in [0.2, 0.25) is 5.88 Å². The Balaban J connectivity index is 1.40. The van der Waals surface area contributed by atoms with Gasteiger partial charge in [0.05, 0.1) is 42.1 Å². The lowest BCUT2D eigenvalue weighted by atomic mass is 10.1. The summed E-state index contributed by atoms with van der Waals surface area (Å²) in [6, 6.07) is 5.71. The lowest BCUT2D eigenvalue weighted by Crippen LogP contribution is -2.29. The third-order valence-corrected chi connectivity index (χ3v) is 7.46. The van der Waals surface area contributed by atoms with E-state index in [2.05, 4.69) is 31.5 Å². The Labute approximate surface area is 213 Å². The summed E-state index contributed by atoms with van der Waals surface area (Å²) in [4.78, 5) is 15.9. The van der Waals surface area contributed by atoms with Crippen LogP contribution in [0.15, 0.2) is 43.0 Å². The second-order valence-electron chi connectivity index (χ2n) is 9.31. The standard InChI is InChI=1S/C26H27ClFN7O/c1-36-26-19(11-17(28)13-31-26)22-3-2-10-34(22)23-5-4-21-25(33-23)24(20(27)14-30-21)16-12-32-35(15-16)18-6-8-29-9-7-18/h4-5,11-15,18,22,29H,2-3,6-10H2,1H3/t22-/m1/s1. The van der Waals surface area contributed by atoms with Crippen molar-refractivity contribution >= 4 is 28.5 Å². The summed E-state index contributed by atoms with van der Waals surface area (Å²) in [6.07, 6.45) is 10.7. The summed E-state index contributed by atoms with van der Waals surface area (Å²) in [5.74, 6) is 0.838. The molecule has 2 fully saturated rings. The SMILES string of the molecule is COc1ncc(F)cc1[C@H]1CCCN1c1ccc2ncc(Cl)c(-c3cnn(C4CCNCC4)c3)c2n1. The molecule has 0 bridgehead atoms. The topological polar surface area (TPSA) is 81.0 Å². The second kappa shape index (κ2) is 9.63. The molecule has 2 saturated heterocycles. The third kappa shape index (κ3) is 4.16. The van der Waals surface area contributed by atoms with Crippen molar-refractivity contribution in [2.75, 3.05) is 31.6 Å². The van der Waals surface area contributed by atoms with E-state index in [4.69, 9.17) is 21.3 Å². The molecule has 0 spiro atoms. The molecule has 1 atom stereocenters. The van der Waals surface area contributed by atoms with E-state index in [0.717, 1.165) is 78.9 Å². The molecule has 0 aromatic carbocycles. The number of hydrogen-bond donors (Lipinski definition) is 1. The van der Waals surface area contributed by atoms with E-state index in [0.29, 0.717) is 16.9 Å². The average molecular weight is 508 g/mol. The van der Waals surface area contributed by atoms with Gasteiger partial charge in [-0.2, -0.15) is 5.10 Å². The Kier molecular flexibility index (Phi) is 6.18. The molecule has 6 heterocycles. The molecule has 4 aromatic heterocycles. The predicted octanol–water partition coefficient (Wildman–Crippen LogP) is 4.96. The van der Waals surface area contributed by atoms with Crippen molar-refractivity contribution in [3.63, 3.8) is 0 Å². The summed E-state index contributed by atoms with van der Waals surface area (Å²) < 4.78 is 21.6. The summed E-state index contributed by atoms with van der Waals surface area (Å²) in [6.45, 7) is 2.78. The maximum absolute atomic E-state index is 14.1. The first-order valence-corrected chi connectivity index (χ1v) is 12.7. The van der Waals surface area contributed by atoms with Crippen LogP contribution in [-0.4, -0.2) is 51.5 Å². The number of nitrogens with one attached hydrogen (secondary N) is 1. The van der Waals surface area contributed by atoms with Crippen LogP contribution in [0.5, 0.6) is 5.88 Å². The average Bonchev–Trinajstić information content (AvgIpc) is 3.59. The van der Waals surface area contributed by atoms with Gasteiger partial charge in [-0.15, -0.1) is 0 Å². The van der Waals surface area contributed by atoms with E-state index in [9.17, 15) is 4.39 Å². The zero-order chi connectivity index (χ0) is 24.6. The van der Waals surface area contributed by atoms with Crippen LogP contribution < -0.4 is 15.0 Å². The van der Waals surface area contributed by atoms with Gasteiger partial charge in [0.1, 0.15) is 17.2 Å². The number of ether oxygens (including phenoxy) is 1. The van der Waals surface area contributed by atoms with Gasteiger partial charge in [-0.3, -0.25) is 9.67 Å². The number of rotatable bonds is 5. The number of piperidine rings is 1. The first-order chi connectivity index (χ1) is 17.6. The minimum Gasteiger partial charge on any atom is -0.481 e. The first-order valence-electron chi connectivity index (χ1n) is 12.3. The monoisotopic (exact) mass is 507 g/mol. The van der Waals surface area contributed by atoms with Gasteiger partial charge in [0.15, 0.2) is 0 Å². The van der Waals surface area contributed by atoms with Gasteiger partial charge in [0, 0.05) is 35.6 Å². The predicted molar refractivity (Wildman–Crippen MR) is 137 cm³/mol. The van der Waals surface area contributed by atoms with Crippen LogP contribution in [0.2, 0.25) is 5.02 Å². The Morgan fingerprint density at radius 1 is 1.11 bits per heavy atom. The number of halogens is 2. The summed E-state index contributed by atoms with van der Waals surface area (Å²) in [5, 5.41) is 8.59.